The molecule has 0 saturated carbocycles. The van der Waals surface area contributed by atoms with Gasteiger partial charge in [0, 0.05) is 6.04 Å². The Morgan fingerprint density at radius 1 is 0.941 bits per heavy atom. The standard InChI is InChI=1S/C16H15N/c1-10-5-4-8-13-14(10)9-15-11-6-2-3-7-12(11)16(13)17-15/h2-8,15-17H,9H2,1H3. The van der Waals surface area contributed by atoms with E-state index < -0.39 is 0 Å². The highest BCUT2D eigenvalue weighted by molar-refractivity contribution is 5.52. The number of hydrogen-bond donors (Lipinski definition) is 1. The summed E-state index contributed by atoms with van der Waals surface area (Å²) < 4.78 is 0. The Morgan fingerprint density at radius 2 is 1.71 bits per heavy atom. The van der Waals surface area contributed by atoms with Crippen molar-refractivity contribution in [2.24, 2.45) is 0 Å². The summed E-state index contributed by atoms with van der Waals surface area (Å²) in [6.07, 6.45) is 1.13. The molecule has 2 aromatic carbocycles. The molecule has 0 fully saturated rings. The summed E-state index contributed by atoms with van der Waals surface area (Å²) in [5.74, 6) is 0. The molecular weight excluding hydrogens is 206 g/mol. The van der Waals surface area contributed by atoms with Gasteiger partial charge in [0.1, 0.15) is 0 Å². The van der Waals surface area contributed by atoms with Gasteiger partial charge < -0.3 is 0 Å². The topological polar surface area (TPSA) is 12.0 Å². The molecule has 1 nitrogen and oxygen atoms in total. The molecule has 84 valence electrons. The third-order valence-corrected chi connectivity index (χ3v) is 4.22. The average Bonchev–Trinajstić information content (AvgIpc) is 2.66. The number of rotatable bonds is 0. The molecule has 0 aliphatic carbocycles. The molecule has 2 aromatic rings. The third kappa shape index (κ3) is 1.18. The van der Waals surface area contributed by atoms with Crippen LogP contribution in [0.4, 0.5) is 0 Å². The Kier molecular flexibility index (Phi) is 1.78. The first-order chi connectivity index (χ1) is 8.34. The van der Waals surface area contributed by atoms with E-state index in [2.05, 4.69) is 54.7 Å². The minimum absolute atomic E-state index is 0.417. The van der Waals surface area contributed by atoms with E-state index >= 15 is 0 Å². The van der Waals surface area contributed by atoms with Crippen molar-refractivity contribution < 1.29 is 0 Å². The van der Waals surface area contributed by atoms with Gasteiger partial charge in [0.25, 0.3) is 0 Å². The van der Waals surface area contributed by atoms with Gasteiger partial charge in [-0.25, -0.2) is 0 Å². The van der Waals surface area contributed by atoms with Crippen LogP contribution in [0.2, 0.25) is 0 Å². The summed E-state index contributed by atoms with van der Waals surface area (Å²) in [5, 5.41) is 3.74. The lowest BCUT2D eigenvalue weighted by atomic mass is 9.90. The molecule has 1 N–H and O–H groups in total. The molecule has 2 bridgehead atoms. The zero-order valence-corrected chi connectivity index (χ0v) is 9.90. The highest BCUT2D eigenvalue weighted by atomic mass is 15.0. The first-order valence-corrected chi connectivity index (χ1v) is 6.28. The quantitative estimate of drug-likeness (QED) is 0.720. The number of fused-ring (bicyclic) bond motifs is 7. The van der Waals surface area contributed by atoms with Crippen LogP contribution in [-0.4, -0.2) is 0 Å². The van der Waals surface area contributed by atoms with E-state index in [-0.39, 0.29) is 0 Å². The van der Waals surface area contributed by atoms with Crippen molar-refractivity contribution >= 4 is 0 Å². The highest BCUT2D eigenvalue weighted by Crippen LogP contribution is 2.44. The Hall–Kier alpha value is -1.60. The number of hydrogen-bond acceptors (Lipinski definition) is 1. The molecule has 2 atom stereocenters. The van der Waals surface area contributed by atoms with Gasteiger partial charge in [0.2, 0.25) is 0 Å². The first-order valence-electron chi connectivity index (χ1n) is 6.28. The fraction of sp³-hybridized carbons (Fsp3) is 0.250. The predicted octanol–water partition coefficient (Wildman–Crippen LogP) is 3.28. The van der Waals surface area contributed by atoms with Crippen molar-refractivity contribution in [3.05, 3.63) is 70.3 Å². The van der Waals surface area contributed by atoms with Crippen LogP contribution in [-0.2, 0) is 6.42 Å². The molecule has 2 aliphatic heterocycles. The van der Waals surface area contributed by atoms with Crippen LogP contribution in [0.3, 0.4) is 0 Å². The maximum absolute atomic E-state index is 3.74. The second kappa shape index (κ2) is 3.21. The molecule has 0 amide bonds. The summed E-state index contributed by atoms with van der Waals surface area (Å²) in [6.45, 7) is 2.23. The zero-order chi connectivity index (χ0) is 11.4. The molecule has 2 unspecified atom stereocenters. The molecule has 4 rings (SSSR count). The van der Waals surface area contributed by atoms with Gasteiger partial charge in [-0.3, -0.25) is 5.32 Å². The summed E-state index contributed by atoms with van der Waals surface area (Å²) in [6, 6.07) is 16.5. The average molecular weight is 221 g/mol. The summed E-state index contributed by atoms with van der Waals surface area (Å²) in [4.78, 5) is 0. The lowest BCUT2D eigenvalue weighted by molar-refractivity contribution is 0.500. The smallest absolute Gasteiger partial charge is 0.0587 e. The van der Waals surface area contributed by atoms with Crippen molar-refractivity contribution in [3.8, 4) is 0 Å². The van der Waals surface area contributed by atoms with Crippen LogP contribution in [0.25, 0.3) is 0 Å². The summed E-state index contributed by atoms with van der Waals surface area (Å²) in [7, 11) is 0. The van der Waals surface area contributed by atoms with Gasteiger partial charge in [-0.2, -0.15) is 0 Å². The lowest BCUT2D eigenvalue weighted by Crippen LogP contribution is -2.27. The van der Waals surface area contributed by atoms with Gasteiger partial charge >= 0.3 is 0 Å². The molecule has 0 spiro atoms. The fourth-order valence-corrected chi connectivity index (χ4v) is 3.38. The normalized spacial score (nSPS) is 24.3. The van der Waals surface area contributed by atoms with Crippen LogP contribution in [0.1, 0.15) is 39.9 Å². The number of benzene rings is 2. The Bertz CT molecular complexity index is 600. The molecular formula is C16H15N. The largest absolute Gasteiger partial charge is 0.299 e. The van der Waals surface area contributed by atoms with Crippen LogP contribution >= 0.6 is 0 Å². The SMILES string of the molecule is Cc1cccc2c1CC1NC2c2ccccc21. The minimum atomic E-state index is 0.417. The van der Waals surface area contributed by atoms with Crippen LogP contribution < -0.4 is 5.32 Å². The monoisotopic (exact) mass is 221 g/mol. The van der Waals surface area contributed by atoms with E-state index in [9.17, 15) is 0 Å². The van der Waals surface area contributed by atoms with E-state index in [4.69, 9.17) is 0 Å². The zero-order valence-electron chi connectivity index (χ0n) is 9.90. The van der Waals surface area contributed by atoms with E-state index in [1.807, 2.05) is 0 Å². The van der Waals surface area contributed by atoms with Crippen molar-refractivity contribution in [2.45, 2.75) is 25.4 Å². The van der Waals surface area contributed by atoms with Crippen LogP contribution in [0.15, 0.2) is 42.5 Å². The fourth-order valence-electron chi connectivity index (χ4n) is 3.38. The van der Waals surface area contributed by atoms with Crippen molar-refractivity contribution in [1.29, 1.82) is 0 Å². The lowest BCUT2D eigenvalue weighted by Gasteiger charge is -2.26. The molecule has 1 heteroatoms. The first kappa shape index (κ1) is 9.43. The van der Waals surface area contributed by atoms with Gasteiger partial charge in [-0.15, -0.1) is 0 Å². The van der Waals surface area contributed by atoms with E-state index in [1.165, 1.54) is 22.3 Å². The second-order valence-corrected chi connectivity index (χ2v) is 5.13. The minimum Gasteiger partial charge on any atom is -0.299 e. The van der Waals surface area contributed by atoms with Crippen LogP contribution in [0.5, 0.6) is 0 Å². The summed E-state index contributed by atoms with van der Waals surface area (Å²) >= 11 is 0. The van der Waals surface area contributed by atoms with Crippen molar-refractivity contribution in [2.75, 3.05) is 0 Å². The Balaban J connectivity index is 1.98. The second-order valence-electron chi connectivity index (χ2n) is 5.13. The van der Waals surface area contributed by atoms with Gasteiger partial charge in [0.15, 0.2) is 0 Å². The predicted molar refractivity (Wildman–Crippen MR) is 69.0 cm³/mol. The highest BCUT2D eigenvalue weighted by Gasteiger charge is 2.36. The maximum Gasteiger partial charge on any atom is 0.0587 e. The van der Waals surface area contributed by atoms with E-state index in [0.717, 1.165) is 6.42 Å². The van der Waals surface area contributed by atoms with Gasteiger partial charge in [0.05, 0.1) is 6.04 Å². The Morgan fingerprint density at radius 3 is 2.59 bits per heavy atom. The maximum atomic E-state index is 3.74. The van der Waals surface area contributed by atoms with Gasteiger partial charge in [-0.05, 0) is 41.2 Å². The van der Waals surface area contributed by atoms with E-state index in [0.29, 0.717) is 12.1 Å². The van der Waals surface area contributed by atoms with E-state index in [1.54, 1.807) is 5.56 Å². The van der Waals surface area contributed by atoms with Crippen molar-refractivity contribution in [3.63, 3.8) is 0 Å². The molecule has 2 aliphatic rings. The van der Waals surface area contributed by atoms with Crippen molar-refractivity contribution in [1.82, 2.24) is 5.32 Å². The molecule has 17 heavy (non-hydrogen) atoms. The van der Waals surface area contributed by atoms with Gasteiger partial charge in [-0.1, -0.05) is 42.5 Å². The third-order valence-electron chi connectivity index (χ3n) is 4.22. The molecule has 2 heterocycles. The molecule has 0 aromatic heterocycles. The number of aryl methyl sites for hydroxylation is 1. The molecule has 0 radical (unpaired) electrons. The number of nitrogens with one attached hydrogen (secondary N) is 1. The Labute approximate surface area is 101 Å². The molecule has 0 saturated heterocycles. The van der Waals surface area contributed by atoms with Crippen LogP contribution in [0, 0.1) is 6.92 Å². The summed E-state index contributed by atoms with van der Waals surface area (Å²) in [5.41, 5.74) is 7.44.